The van der Waals surface area contributed by atoms with Crippen molar-refractivity contribution >= 4 is 6.08 Å². The molecule has 4 nitrogen and oxygen atoms in total. The third-order valence-electron chi connectivity index (χ3n) is 4.02. The quantitative estimate of drug-likeness (QED) is 0.630. The molecule has 0 aliphatic carbocycles. The summed E-state index contributed by atoms with van der Waals surface area (Å²) < 4.78 is 6.01. The summed E-state index contributed by atoms with van der Waals surface area (Å²) in [5.74, 6) is 0.698. The highest BCUT2D eigenvalue weighted by Crippen LogP contribution is 2.38. The van der Waals surface area contributed by atoms with E-state index >= 15 is 0 Å². The average Bonchev–Trinajstić information content (AvgIpc) is 2.53. The normalized spacial score (nSPS) is 19.8. The molecule has 0 saturated carbocycles. The lowest BCUT2D eigenvalue weighted by atomic mass is 9.90. The van der Waals surface area contributed by atoms with Crippen molar-refractivity contribution in [1.82, 2.24) is 0 Å². The Labute approximate surface area is 129 Å². The van der Waals surface area contributed by atoms with Gasteiger partial charge in [0.15, 0.2) is 5.60 Å². The van der Waals surface area contributed by atoms with Crippen molar-refractivity contribution < 1.29 is 9.66 Å². The average molecular weight is 295 g/mol. The van der Waals surface area contributed by atoms with Gasteiger partial charge in [-0.2, -0.15) is 0 Å². The second-order valence-electron chi connectivity index (χ2n) is 5.64. The molecule has 2 aromatic rings. The van der Waals surface area contributed by atoms with Gasteiger partial charge in [-0.05, 0) is 25.0 Å². The van der Waals surface area contributed by atoms with Gasteiger partial charge < -0.3 is 4.74 Å². The predicted octanol–water partition coefficient (Wildman–Crippen LogP) is 4.09. The molecule has 2 aromatic carbocycles. The monoisotopic (exact) mass is 295 g/mol. The second kappa shape index (κ2) is 5.64. The molecule has 0 spiro atoms. The molecule has 0 N–H and O–H groups in total. The Morgan fingerprint density at radius 2 is 1.77 bits per heavy atom. The van der Waals surface area contributed by atoms with Crippen LogP contribution in [0.4, 0.5) is 0 Å². The van der Waals surface area contributed by atoms with Crippen LogP contribution < -0.4 is 4.74 Å². The maximum absolute atomic E-state index is 11.4. The zero-order valence-corrected chi connectivity index (χ0v) is 12.4. The number of aryl methyl sites for hydroxylation is 1. The van der Waals surface area contributed by atoms with Gasteiger partial charge in [0.1, 0.15) is 5.75 Å². The maximum atomic E-state index is 11.4. The van der Waals surface area contributed by atoms with E-state index < -0.39 is 5.60 Å². The first-order valence-corrected chi connectivity index (χ1v) is 7.27. The molecule has 0 aromatic heterocycles. The molecular formula is C18H17NO3. The van der Waals surface area contributed by atoms with Gasteiger partial charge in [0.25, 0.3) is 5.70 Å². The van der Waals surface area contributed by atoms with E-state index in [9.17, 15) is 10.1 Å². The van der Waals surface area contributed by atoms with Gasteiger partial charge in [0.05, 0.1) is 4.92 Å². The summed E-state index contributed by atoms with van der Waals surface area (Å²) in [6.45, 7) is 1.79. The Hall–Kier alpha value is -2.62. The summed E-state index contributed by atoms with van der Waals surface area (Å²) in [6, 6.07) is 17.4. The number of fused-ring (bicyclic) bond motifs is 1. The number of nitrogens with zero attached hydrogens (tertiary/aromatic N) is 1. The van der Waals surface area contributed by atoms with Gasteiger partial charge in [-0.15, -0.1) is 0 Å². The van der Waals surface area contributed by atoms with Crippen LogP contribution in [0.5, 0.6) is 5.75 Å². The molecule has 1 aliphatic heterocycles. The van der Waals surface area contributed by atoms with E-state index in [1.54, 1.807) is 13.0 Å². The molecule has 0 saturated heterocycles. The van der Waals surface area contributed by atoms with Crippen LogP contribution in [0.2, 0.25) is 0 Å². The Balaban J connectivity index is 1.89. The number of hydrogen-bond donors (Lipinski definition) is 0. The third kappa shape index (κ3) is 2.72. The van der Waals surface area contributed by atoms with E-state index in [1.165, 1.54) is 0 Å². The van der Waals surface area contributed by atoms with Crippen LogP contribution >= 0.6 is 0 Å². The summed E-state index contributed by atoms with van der Waals surface area (Å²) in [7, 11) is 0. The molecule has 4 heteroatoms. The first-order valence-electron chi connectivity index (χ1n) is 7.27. The molecule has 1 atom stereocenters. The van der Waals surface area contributed by atoms with Crippen LogP contribution in [0.25, 0.3) is 6.08 Å². The van der Waals surface area contributed by atoms with E-state index in [1.807, 2.05) is 54.6 Å². The van der Waals surface area contributed by atoms with Crippen molar-refractivity contribution in [2.45, 2.75) is 25.4 Å². The van der Waals surface area contributed by atoms with Crippen LogP contribution in [0.1, 0.15) is 24.5 Å². The molecule has 3 rings (SSSR count). The molecule has 1 unspecified atom stereocenters. The Morgan fingerprint density at radius 3 is 2.50 bits per heavy atom. The standard InChI is InChI=1S/C18H17NO3/c1-18(12-11-14-7-3-2-4-8-14)17(19(20)21)13-15-9-5-6-10-16(15)22-18/h2-10,13H,11-12H2,1H3. The molecule has 1 aliphatic rings. The summed E-state index contributed by atoms with van der Waals surface area (Å²) in [5, 5.41) is 11.4. The van der Waals surface area contributed by atoms with Gasteiger partial charge in [-0.1, -0.05) is 48.5 Å². The fourth-order valence-electron chi connectivity index (χ4n) is 2.74. The molecule has 112 valence electrons. The van der Waals surface area contributed by atoms with E-state index in [0.717, 1.165) is 17.5 Å². The Morgan fingerprint density at radius 1 is 1.09 bits per heavy atom. The maximum Gasteiger partial charge on any atom is 0.289 e. The lowest BCUT2D eigenvalue weighted by Crippen LogP contribution is -2.40. The van der Waals surface area contributed by atoms with Crippen LogP contribution in [-0.2, 0) is 6.42 Å². The number of rotatable bonds is 4. The van der Waals surface area contributed by atoms with E-state index in [2.05, 4.69) is 0 Å². The number of para-hydroxylation sites is 1. The van der Waals surface area contributed by atoms with Gasteiger partial charge in [0.2, 0.25) is 0 Å². The van der Waals surface area contributed by atoms with Gasteiger partial charge in [0, 0.05) is 18.1 Å². The molecule has 1 heterocycles. The summed E-state index contributed by atoms with van der Waals surface area (Å²) in [5.41, 5.74) is 1.09. The van der Waals surface area contributed by atoms with Crippen LogP contribution in [-0.4, -0.2) is 10.5 Å². The Bertz CT molecular complexity index is 724. The molecule has 0 fully saturated rings. The van der Waals surface area contributed by atoms with Gasteiger partial charge in [-0.3, -0.25) is 10.1 Å². The smallest absolute Gasteiger partial charge is 0.289 e. The van der Waals surface area contributed by atoms with Crippen molar-refractivity contribution in [2.75, 3.05) is 0 Å². The molecule has 0 amide bonds. The lowest BCUT2D eigenvalue weighted by Gasteiger charge is -2.31. The summed E-state index contributed by atoms with van der Waals surface area (Å²) in [4.78, 5) is 11.1. The predicted molar refractivity (Wildman–Crippen MR) is 85.2 cm³/mol. The van der Waals surface area contributed by atoms with Crippen molar-refractivity contribution in [3.63, 3.8) is 0 Å². The van der Waals surface area contributed by atoms with Crippen molar-refractivity contribution in [1.29, 1.82) is 0 Å². The minimum absolute atomic E-state index is 0.113. The first-order chi connectivity index (χ1) is 10.6. The zero-order valence-electron chi connectivity index (χ0n) is 12.4. The highest BCUT2D eigenvalue weighted by molar-refractivity contribution is 5.62. The second-order valence-corrected chi connectivity index (χ2v) is 5.64. The highest BCUT2D eigenvalue weighted by Gasteiger charge is 2.43. The van der Waals surface area contributed by atoms with Gasteiger partial charge >= 0.3 is 0 Å². The van der Waals surface area contributed by atoms with Crippen molar-refractivity contribution in [3.8, 4) is 5.75 Å². The fourth-order valence-corrected chi connectivity index (χ4v) is 2.74. The largest absolute Gasteiger partial charge is 0.476 e. The van der Waals surface area contributed by atoms with Crippen molar-refractivity contribution in [3.05, 3.63) is 81.5 Å². The summed E-state index contributed by atoms with van der Waals surface area (Å²) in [6.07, 6.45) is 2.91. The SMILES string of the molecule is CC1(CCc2ccccc2)Oc2ccccc2C=C1[N+](=O)[O-]. The fraction of sp³-hybridized carbons (Fsp3) is 0.222. The Kier molecular flexibility index (Phi) is 3.67. The molecule has 22 heavy (non-hydrogen) atoms. The third-order valence-corrected chi connectivity index (χ3v) is 4.02. The number of nitro groups is 1. The van der Waals surface area contributed by atoms with Crippen LogP contribution in [0.3, 0.4) is 0 Å². The topological polar surface area (TPSA) is 52.4 Å². The lowest BCUT2D eigenvalue weighted by molar-refractivity contribution is -0.441. The minimum atomic E-state index is -0.923. The van der Waals surface area contributed by atoms with Crippen LogP contribution in [0.15, 0.2) is 60.3 Å². The molecule has 0 bridgehead atoms. The van der Waals surface area contributed by atoms with E-state index in [4.69, 9.17) is 4.74 Å². The molecular weight excluding hydrogens is 278 g/mol. The van der Waals surface area contributed by atoms with Gasteiger partial charge in [-0.25, -0.2) is 0 Å². The number of hydrogen-bond acceptors (Lipinski definition) is 3. The minimum Gasteiger partial charge on any atom is -0.476 e. The summed E-state index contributed by atoms with van der Waals surface area (Å²) >= 11 is 0. The van der Waals surface area contributed by atoms with E-state index in [-0.39, 0.29) is 10.6 Å². The van der Waals surface area contributed by atoms with E-state index in [0.29, 0.717) is 12.2 Å². The number of benzene rings is 2. The zero-order chi connectivity index (χ0) is 15.6. The highest BCUT2D eigenvalue weighted by atomic mass is 16.6. The van der Waals surface area contributed by atoms with Crippen LogP contribution in [0, 0.1) is 10.1 Å². The molecule has 0 radical (unpaired) electrons. The first kappa shape index (κ1) is 14.3. The van der Waals surface area contributed by atoms with Crippen molar-refractivity contribution in [2.24, 2.45) is 0 Å². The number of ether oxygens (including phenoxy) is 1.